The van der Waals surface area contributed by atoms with Gasteiger partial charge in [0.15, 0.2) is 28.1 Å². The molecule has 11 heteroatoms. The minimum absolute atomic E-state index is 0.277. The SMILES string of the molecule is O=c1[nH]c2c(F)c(F)cc(-c3cnc(C(F)(F)F)c(Cl)n3)c2o1. The Bertz CT molecular complexity index is 979. The van der Waals surface area contributed by atoms with Crippen LogP contribution >= 0.6 is 11.6 Å². The van der Waals surface area contributed by atoms with Gasteiger partial charge in [0, 0.05) is 0 Å². The number of oxazole rings is 1. The number of hydrogen-bond donors (Lipinski definition) is 1. The molecule has 1 N–H and O–H groups in total. The molecule has 3 rings (SSSR count). The molecule has 5 nitrogen and oxygen atoms in total. The van der Waals surface area contributed by atoms with Crippen molar-refractivity contribution in [3.05, 3.63) is 45.3 Å². The third kappa shape index (κ3) is 2.54. The molecule has 0 unspecified atom stereocenters. The van der Waals surface area contributed by atoms with Crippen molar-refractivity contribution in [2.75, 3.05) is 0 Å². The third-order valence-corrected chi connectivity index (χ3v) is 3.13. The average molecular weight is 352 g/mol. The van der Waals surface area contributed by atoms with Crippen LogP contribution in [0.25, 0.3) is 22.4 Å². The van der Waals surface area contributed by atoms with E-state index in [1.165, 1.54) is 0 Å². The van der Waals surface area contributed by atoms with Crippen molar-refractivity contribution in [2.24, 2.45) is 0 Å². The summed E-state index contributed by atoms with van der Waals surface area (Å²) < 4.78 is 69.6. The number of alkyl halides is 3. The van der Waals surface area contributed by atoms with Gasteiger partial charge in [0.05, 0.1) is 17.5 Å². The zero-order valence-corrected chi connectivity index (χ0v) is 11.4. The third-order valence-electron chi connectivity index (χ3n) is 2.87. The van der Waals surface area contributed by atoms with Gasteiger partial charge in [-0.2, -0.15) is 13.2 Å². The van der Waals surface area contributed by atoms with E-state index in [0.717, 1.165) is 0 Å². The maximum Gasteiger partial charge on any atom is 0.436 e. The molecule has 0 radical (unpaired) electrons. The molecule has 0 atom stereocenters. The van der Waals surface area contributed by atoms with Crippen molar-refractivity contribution < 1.29 is 26.4 Å². The molecule has 0 amide bonds. The van der Waals surface area contributed by atoms with Gasteiger partial charge < -0.3 is 4.42 Å². The van der Waals surface area contributed by atoms with E-state index in [4.69, 9.17) is 11.6 Å². The Morgan fingerprint density at radius 2 is 1.96 bits per heavy atom. The molecule has 0 aliphatic carbocycles. The van der Waals surface area contributed by atoms with Crippen LogP contribution in [0.15, 0.2) is 21.5 Å². The lowest BCUT2D eigenvalue weighted by atomic mass is 10.1. The van der Waals surface area contributed by atoms with Crippen LogP contribution in [0.2, 0.25) is 5.15 Å². The lowest BCUT2D eigenvalue weighted by Gasteiger charge is -2.08. The number of hydrogen-bond acceptors (Lipinski definition) is 4. The molecule has 0 saturated heterocycles. The smallest absolute Gasteiger partial charge is 0.407 e. The van der Waals surface area contributed by atoms with Crippen LogP contribution in [0.1, 0.15) is 5.69 Å². The molecule has 0 spiro atoms. The highest BCUT2D eigenvalue weighted by atomic mass is 35.5. The highest BCUT2D eigenvalue weighted by Gasteiger charge is 2.36. The van der Waals surface area contributed by atoms with Gasteiger partial charge in [0.25, 0.3) is 0 Å². The number of rotatable bonds is 1. The van der Waals surface area contributed by atoms with Crippen molar-refractivity contribution >= 4 is 22.7 Å². The summed E-state index contributed by atoms with van der Waals surface area (Å²) in [5.41, 5.74) is -3.03. The summed E-state index contributed by atoms with van der Waals surface area (Å²) in [7, 11) is 0. The summed E-state index contributed by atoms with van der Waals surface area (Å²) in [6.45, 7) is 0. The topological polar surface area (TPSA) is 71.8 Å². The van der Waals surface area contributed by atoms with Gasteiger partial charge in [-0.05, 0) is 6.07 Å². The van der Waals surface area contributed by atoms with E-state index in [-0.39, 0.29) is 11.3 Å². The van der Waals surface area contributed by atoms with Crippen molar-refractivity contribution in [1.29, 1.82) is 0 Å². The lowest BCUT2D eigenvalue weighted by molar-refractivity contribution is -0.141. The lowest BCUT2D eigenvalue weighted by Crippen LogP contribution is -2.10. The van der Waals surface area contributed by atoms with Gasteiger partial charge in [0.2, 0.25) is 0 Å². The average Bonchev–Trinajstić information content (AvgIpc) is 2.83. The highest BCUT2D eigenvalue weighted by molar-refractivity contribution is 6.30. The Balaban J connectivity index is 2.27. The van der Waals surface area contributed by atoms with E-state index in [9.17, 15) is 26.7 Å². The van der Waals surface area contributed by atoms with Crippen molar-refractivity contribution in [1.82, 2.24) is 15.0 Å². The molecule has 0 aliphatic rings. The van der Waals surface area contributed by atoms with Crippen LogP contribution in [-0.2, 0) is 6.18 Å². The number of aromatic nitrogens is 3. The molecular formula is C12H3ClF5N3O2. The number of aromatic amines is 1. The van der Waals surface area contributed by atoms with Crippen molar-refractivity contribution in [3.63, 3.8) is 0 Å². The van der Waals surface area contributed by atoms with Crippen LogP contribution in [0.5, 0.6) is 0 Å². The Morgan fingerprint density at radius 1 is 1.26 bits per heavy atom. The molecule has 2 heterocycles. The summed E-state index contributed by atoms with van der Waals surface area (Å²) in [5.74, 6) is -3.81. The summed E-state index contributed by atoms with van der Waals surface area (Å²) >= 11 is 5.43. The maximum absolute atomic E-state index is 13.6. The van der Waals surface area contributed by atoms with E-state index in [0.29, 0.717) is 12.3 Å². The van der Waals surface area contributed by atoms with Gasteiger partial charge in [0.1, 0.15) is 5.52 Å². The second kappa shape index (κ2) is 5.01. The molecule has 2 aromatic heterocycles. The van der Waals surface area contributed by atoms with E-state index >= 15 is 0 Å². The summed E-state index contributed by atoms with van der Waals surface area (Å²) in [5, 5.41) is -0.981. The zero-order valence-electron chi connectivity index (χ0n) is 10.6. The number of H-pyrrole nitrogens is 1. The summed E-state index contributed by atoms with van der Waals surface area (Å²) in [6.07, 6.45) is -4.17. The molecule has 0 fully saturated rings. The summed E-state index contributed by atoms with van der Waals surface area (Å²) in [4.78, 5) is 19.7. The number of benzene rings is 1. The van der Waals surface area contributed by atoms with Gasteiger partial charge in [-0.25, -0.2) is 23.5 Å². The Hall–Kier alpha value is -2.49. The summed E-state index contributed by atoms with van der Waals surface area (Å²) in [6, 6.07) is 0.613. The fraction of sp³-hybridized carbons (Fsp3) is 0.0833. The fourth-order valence-corrected chi connectivity index (χ4v) is 2.17. The predicted molar refractivity (Wildman–Crippen MR) is 67.8 cm³/mol. The number of nitrogens with zero attached hydrogens (tertiary/aromatic N) is 2. The van der Waals surface area contributed by atoms with Gasteiger partial charge >= 0.3 is 11.9 Å². The first kappa shape index (κ1) is 15.4. The Morgan fingerprint density at radius 3 is 2.57 bits per heavy atom. The molecule has 120 valence electrons. The number of nitrogens with one attached hydrogen (secondary N) is 1. The Kier molecular flexibility index (Phi) is 3.36. The second-order valence-electron chi connectivity index (χ2n) is 4.33. The van der Waals surface area contributed by atoms with Gasteiger partial charge in [-0.15, -0.1) is 0 Å². The predicted octanol–water partition coefficient (Wildman–Crippen LogP) is 3.53. The first-order chi connectivity index (χ1) is 10.7. The van der Waals surface area contributed by atoms with Crippen molar-refractivity contribution in [3.8, 4) is 11.3 Å². The van der Waals surface area contributed by atoms with E-state index < -0.39 is 45.5 Å². The van der Waals surface area contributed by atoms with Crippen molar-refractivity contribution in [2.45, 2.75) is 6.18 Å². The quantitative estimate of drug-likeness (QED) is 0.681. The maximum atomic E-state index is 13.6. The van der Waals surface area contributed by atoms with Crippen LogP contribution in [-0.4, -0.2) is 15.0 Å². The van der Waals surface area contributed by atoms with Gasteiger partial charge in [-0.1, -0.05) is 11.6 Å². The van der Waals surface area contributed by atoms with E-state index in [1.54, 1.807) is 0 Å². The van der Waals surface area contributed by atoms with E-state index in [2.05, 4.69) is 14.4 Å². The first-order valence-electron chi connectivity index (χ1n) is 5.79. The fourth-order valence-electron chi connectivity index (χ4n) is 1.92. The molecule has 0 saturated carbocycles. The molecule has 23 heavy (non-hydrogen) atoms. The first-order valence-corrected chi connectivity index (χ1v) is 6.17. The number of halogens is 6. The minimum atomic E-state index is -4.83. The molecular weight excluding hydrogens is 349 g/mol. The largest absolute Gasteiger partial charge is 0.436 e. The molecule has 3 aromatic rings. The molecule has 0 bridgehead atoms. The zero-order chi connectivity index (χ0) is 16.9. The highest BCUT2D eigenvalue weighted by Crippen LogP contribution is 2.35. The van der Waals surface area contributed by atoms with Gasteiger partial charge in [-0.3, -0.25) is 4.98 Å². The van der Waals surface area contributed by atoms with Crippen LogP contribution < -0.4 is 5.76 Å². The monoisotopic (exact) mass is 351 g/mol. The molecule has 0 aliphatic heterocycles. The normalized spacial score (nSPS) is 12.1. The molecule has 1 aromatic carbocycles. The van der Waals surface area contributed by atoms with E-state index in [1.807, 2.05) is 4.98 Å². The standard InChI is InChI=1S/C12H3ClF5N3O2/c13-10-9(12(16,17)18)19-2-5(20-10)3-1-4(14)6(15)7-8(3)23-11(22)21-7/h1-2H,(H,21,22). The Labute approximate surface area is 127 Å². The number of fused-ring (bicyclic) bond motifs is 1. The second-order valence-corrected chi connectivity index (χ2v) is 4.69. The van der Waals surface area contributed by atoms with Crippen LogP contribution in [0.4, 0.5) is 22.0 Å². The van der Waals surface area contributed by atoms with Crippen LogP contribution in [0.3, 0.4) is 0 Å². The van der Waals surface area contributed by atoms with Crippen LogP contribution in [0, 0.1) is 11.6 Å². The minimum Gasteiger partial charge on any atom is -0.407 e.